The maximum atomic E-state index is 12.2. The molecule has 0 radical (unpaired) electrons. The quantitative estimate of drug-likeness (QED) is 0.485. The van der Waals surface area contributed by atoms with Crippen LogP contribution in [-0.2, 0) is 11.2 Å². The number of nitrogens with zero attached hydrogens (tertiary/aromatic N) is 4. The van der Waals surface area contributed by atoms with Gasteiger partial charge < -0.3 is 0 Å². The standard InChI is InChI=1S/C16H9Cl2N5OS2/c17-11-1-2-14(18)9(3-11)5-13-7-20-16(26-13)21-15(24)10(6-19)4-12-8-25-23-22-12/h1-4,7-8H,5H2,(H,20,21,24)/b10-4+. The molecule has 0 unspecified atom stereocenters. The minimum atomic E-state index is -0.554. The van der Waals surface area contributed by atoms with Gasteiger partial charge in [-0.2, -0.15) is 5.26 Å². The van der Waals surface area contributed by atoms with Gasteiger partial charge in [-0.15, -0.1) is 16.4 Å². The molecule has 10 heteroatoms. The Balaban J connectivity index is 1.71. The average molecular weight is 422 g/mol. The molecular weight excluding hydrogens is 413 g/mol. The molecule has 0 aliphatic carbocycles. The first-order valence-corrected chi connectivity index (χ1v) is 9.55. The number of thiazole rings is 1. The smallest absolute Gasteiger partial charge is 0.268 e. The molecule has 1 aromatic carbocycles. The third-order valence-electron chi connectivity index (χ3n) is 3.18. The Kier molecular flexibility index (Phi) is 5.96. The summed E-state index contributed by atoms with van der Waals surface area (Å²) in [6, 6.07) is 7.10. The fourth-order valence-corrected chi connectivity index (χ4v) is 3.63. The van der Waals surface area contributed by atoms with Crippen molar-refractivity contribution < 1.29 is 4.79 Å². The second kappa shape index (κ2) is 8.38. The van der Waals surface area contributed by atoms with Gasteiger partial charge in [0.05, 0.1) is 5.69 Å². The molecule has 0 saturated carbocycles. The number of hydrogen-bond acceptors (Lipinski definition) is 7. The van der Waals surface area contributed by atoms with Crippen LogP contribution >= 0.6 is 46.1 Å². The Morgan fingerprint density at radius 1 is 1.38 bits per heavy atom. The van der Waals surface area contributed by atoms with Crippen LogP contribution in [0.5, 0.6) is 0 Å². The lowest BCUT2D eigenvalue weighted by Gasteiger charge is -2.02. The number of carbonyl (C=O) groups excluding carboxylic acids is 1. The lowest BCUT2D eigenvalue weighted by molar-refractivity contribution is -0.112. The Bertz CT molecular complexity index is 1010. The van der Waals surface area contributed by atoms with Crippen molar-refractivity contribution >= 4 is 63.2 Å². The van der Waals surface area contributed by atoms with Crippen molar-refractivity contribution in [3.63, 3.8) is 0 Å². The molecule has 1 N–H and O–H groups in total. The molecule has 2 aromatic heterocycles. The van der Waals surface area contributed by atoms with Crippen LogP contribution in [0.25, 0.3) is 6.08 Å². The first-order valence-electron chi connectivity index (χ1n) is 7.14. The number of benzene rings is 1. The third kappa shape index (κ3) is 4.65. The van der Waals surface area contributed by atoms with E-state index in [-0.39, 0.29) is 5.57 Å². The van der Waals surface area contributed by atoms with Crippen molar-refractivity contribution in [3.05, 3.63) is 61.5 Å². The van der Waals surface area contributed by atoms with Crippen LogP contribution in [-0.4, -0.2) is 20.5 Å². The zero-order valence-electron chi connectivity index (χ0n) is 12.9. The molecular formula is C16H9Cl2N5OS2. The molecule has 1 amide bonds. The molecule has 0 fully saturated rings. The van der Waals surface area contributed by atoms with E-state index in [1.54, 1.807) is 29.8 Å². The van der Waals surface area contributed by atoms with Crippen LogP contribution in [0.1, 0.15) is 16.1 Å². The average Bonchev–Trinajstić information content (AvgIpc) is 3.28. The molecule has 0 saturated heterocycles. The van der Waals surface area contributed by atoms with E-state index in [2.05, 4.69) is 19.9 Å². The van der Waals surface area contributed by atoms with Crippen LogP contribution in [0, 0.1) is 11.3 Å². The summed E-state index contributed by atoms with van der Waals surface area (Å²) in [5.41, 5.74) is 1.25. The van der Waals surface area contributed by atoms with Gasteiger partial charge in [-0.1, -0.05) is 27.7 Å². The van der Waals surface area contributed by atoms with E-state index >= 15 is 0 Å². The number of halogens is 2. The summed E-state index contributed by atoms with van der Waals surface area (Å²) >= 11 is 14.6. The predicted octanol–water partition coefficient (Wildman–Crippen LogP) is 4.44. The van der Waals surface area contributed by atoms with Crippen molar-refractivity contribution in [2.24, 2.45) is 0 Å². The van der Waals surface area contributed by atoms with Gasteiger partial charge >= 0.3 is 0 Å². The Labute approximate surface area is 166 Å². The summed E-state index contributed by atoms with van der Waals surface area (Å²) in [6.07, 6.45) is 3.56. The first kappa shape index (κ1) is 18.5. The number of nitrogens with one attached hydrogen (secondary N) is 1. The molecule has 0 aliphatic rings. The SMILES string of the molecule is N#C/C(=C\c1csnn1)C(=O)Nc1ncc(Cc2cc(Cl)ccc2Cl)s1. The highest BCUT2D eigenvalue weighted by Gasteiger charge is 2.13. The van der Waals surface area contributed by atoms with E-state index in [4.69, 9.17) is 28.5 Å². The van der Waals surface area contributed by atoms with Gasteiger partial charge in [0.15, 0.2) is 5.13 Å². The molecule has 0 atom stereocenters. The van der Waals surface area contributed by atoms with Crippen LogP contribution in [0.2, 0.25) is 10.0 Å². The Morgan fingerprint density at radius 2 is 2.23 bits per heavy atom. The topological polar surface area (TPSA) is 91.6 Å². The summed E-state index contributed by atoms with van der Waals surface area (Å²) in [6.45, 7) is 0. The third-order valence-corrected chi connectivity index (χ3v) is 5.22. The van der Waals surface area contributed by atoms with Crippen LogP contribution in [0.4, 0.5) is 5.13 Å². The predicted molar refractivity (Wildman–Crippen MR) is 104 cm³/mol. The van der Waals surface area contributed by atoms with E-state index in [1.165, 1.54) is 17.4 Å². The summed E-state index contributed by atoms with van der Waals surface area (Å²) in [5.74, 6) is -0.554. The van der Waals surface area contributed by atoms with Gasteiger partial charge in [-0.05, 0) is 41.4 Å². The first-order chi connectivity index (χ1) is 12.5. The van der Waals surface area contributed by atoms with Gasteiger partial charge in [0.1, 0.15) is 11.6 Å². The second-order valence-electron chi connectivity index (χ2n) is 5.00. The zero-order valence-corrected chi connectivity index (χ0v) is 16.1. The molecule has 0 bridgehead atoms. The number of aromatic nitrogens is 3. The fraction of sp³-hybridized carbons (Fsp3) is 0.0625. The number of carbonyl (C=O) groups is 1. The fourth-order valence-electron chi connectivity index (χ4n) is 2.01. The number of anilines is 1. The largest absolute Gasteiger partial charge is 0.297 e. The molecule has 0 aliphatic heterocycles. The molecule has 3 rings (SSSR count). The summed E-state index contributed by atoms with van der Waals surface area (Å²) in [5, 5.41) is 18.8. The van der Waals surface area contributed by atoms with E-state index in [0.29, 0.717) is 27.3 Å². The highest BCUT2D eigenvalue weighted by atomic mass is 35.5. The van der Waals surface area contributed by atoms with E-state index < -0.39 is 5.91 Å². The molecule has 2 heterocycles. The Hall–Kier alpha value is -2.31. The lowest BCUT2D eigenvalue weighted by atomic mass is 10.1. The Morgan fingerprint density at radius 3 is 2.96 bits per heavy atom. The summed E-state index contributed by atoms with van der Waals surface area (Å²) in [7, 11) is 0. The van der Waals surface area contributed by atoms with Crippen molar-refractivity contribution in [2.75, 3.05) is 5.32 Å². The minimum Gasteiger partial charge on any atom is -0.297 e. The van der Waals surface area contributed by atoms with Gasteiger partial charge in [0.2, 0.25) is 0 Å². The van der Waals surface area contributed by atoms with Crippen molar-refractivity contribution in [2.45, 2.75) is 6.42 Å². The molecule has 6 nitrogen and oxygen atoms in total. The van der Waals surface area contributed by atoms with Crippen LogP contribution in [0.3, 0.4) is 0 Å². The molecule has 0 spiro atoms. The maximum absolute atomic E-state index is 12.2. The summed E-state index contributed by atoms with van der Waals surface area (Å²) in [4.78, 5) is 17.3. The molecule has 130 valence electrons. The van der Waals surface area contributed by atoms with E-state index in [0.717, 1.165) is 22.0 Å². The maximum Gasteiger partial charge on any atom is 0.268 e. The zero-order chi connectivity index (χ0) is 18.5. The molecule has 26 heavy (non-hydrogen) atoms. The van der Waals surface area contributed by atoms with Crippen molar-refractivity contribution in [1.82, 2.24) is 14.6 Å². The van der Waals surface area contributed by atoms with E-state index in [1.807, 2.05) is 6.07 Å². The highest BCUT2D eigenvalue weighted by molar-refractivity contribution is 7.15. The van der Waals surface area contributed by atoms with Crippen LogP contribution in [0.15, 0.2) is 35.3 Å². The van der Waals surface area contributed by atoms with E-state index in [9.17, 15) is 4.79 Å². The highest BCUT2D eigenvalue weighted by Crippen LogP contribution is 2.27. The van der Waals surface area contributed by atoms with Gasteiger partial charge in [0.25, 0.3) is 5.91 Å². The van der Waals surface area contributed by atoms with Gasteiger partial charge in [-0.3, -0.25) is 10.1 Å². The van der Waals surface area contributed by atoms with Crippen molar-refractivity contribution in [1.29, 1.82) is 5.26 Å². The van der Waals surface area contributed by atoms with Crippen LogP contribution < -0.4 is 5.32 Å². The number of amides is 1. The number of nitriles is 1. The normalized spacial score (nSPS) is 11.2. The lowest BCUT2D eigenvalue weighted by Crippen LogP contribution is -2.13. The van der Waals surface area contributed by atoms with Gasteiger partial charge in [-0.25, -0.2) is 4.98 Å². The number of hydrogen-bond donors (Lipinski definition) is 1. The number of rotatable bonds is 5. The monoisotopic (exact) mass is 421 g/mol. The second-order valence-corrected chi connectivity index (χ2v) is 7.57. The van der Waals surface area contributed by atoms with Gasteiger partial charge in [0, 0.05) is 32.9 Å². The molecule has 3 aromatic rings. The minimum absolute atomic E-state index is 0.0765. The summed E-state index contributed by atoms with van der Waals surface area (Å²) < 4.78 is 3.68. The van der Waals surface area contributed by atoms with Crippen molar-refractivity contribution in [3.8, 4) is 6.07 Å².